The molecule has 2 aromatic rings. The Morgan fingerprint density at radius 3 is 2.59 bits per heavy atom. The van der Waals surface area contributed by atoms with E-state index >= 15 is 0 Å². The van der Waals surface area contributed by atoms with Crippen molar-refractivity contribution in [3.05, 3.63) is 42.1 Å². The van der Waals surface area contributed by atoms with E-state index in [0.717, 1.165) is 11.3 Å². The standard InChI is InChI=1S/C13H14N2O2/c1-2-15-11(7-8-12(15)13(16)17)9-5-3-4-6-10(9)14/h3-8H,2,14H2,1H3,(H,16,17). The minimum atomic E-state index is -0.924. The molecule has 0 aliphatic carbocycles. The zero-order chi connectivity index (χ0) is 12.4. The molecule has 0 aliphatic rings. The predicted octanol–water partition coefficient (Wildman–Crippen LogP) is 2.46. The Hall–Kier alpha value is -2.23. The maximum atomic E-state index is 11.1. The summed E-state index contributed by atoms with van der Waals surface area (Å²) < 4.78 is 1.74. The van der Waals surface area contributed by atoms with E-state index in [1.807, 2.05) is 31.2 Å². The number of hydrogen-bond donors (Lipinski definition) is 2. The number of carbonyl (C=O) groups is 1. The third-order valence-electron chi connectivity index (χ3n) is 2.75. The van der Waals surface area contributed by atoms with Gasteiger partial charge in [0, 0.05) is 17.8 Å². The Morgan fingerprint density at radius 2 is 2.00 bits per heavy atom. The third kappa shape index (κ3) is 1.89. The second kappa shape index (κ2) is 4.33. The molecule has 1 heterocycles. The maximum absolute atomic E-state index is 11.1. The van der Waals surface area contributed by atoms with Gasteiger partial charge in [-0.2, -0.15) is 0 Å². The van der Waals surface area contributed by atoms with Crippen molar-refractivity contribution in [1.29, 1.82) is 0 Å². The first-order valence-electron chi connectivity index (χ1n) is 5.42. The minimum Gasteiger partial charge on any atom is -0.477 e. The molecule has 1 aromatic carbocycles. The lowest BCUT2D eigenvalue weighted by atomic mass is 10.1. The normalized spacial score (nSPS) is 10.4. The molecule has 0 atom stereocenters. The highest BCUT2D eigenvalue weighted by Crippen LogP contribution is 2.27. The topological polar surface area (TPSA) is 68.2 Å². The molecule has 0 bridgehead atoms. The Bertz CT molecular complexity index is 558. The highest BCUT2D eigenvalue weighted by atomic mass is 16.4. The summed E-state index contributed by atoms with van der Waals surface area (Å²) in [6, 6.07) is 10.8. The molecule has 0 fully saturated rings. The molecular formula is C13H14N2O2. The van der Waals surface area contributed by atoms with Gasteiger partial charge in [0.25, 0.3) is 0 Å². The Balaban J connectivity index is 2.61. The van der Waals surface area contributed by atoms with Crippen molar-refractivity contribution in [2.24, 2.45) is 0 Å². The largest absolute Gasteiger partial charge is 0.477 e. The SMILES string of the molecule is CCn1c(C(=O)O)ccc1-c1ccccc1N. The number of benzene rings is 1. The van der Waals surface area contributed by atoms with E-state index in [4.69, 9.17) is 10.8 Å². The Labute approximate surface area is 99.3 Å². The summed E-state index contributed by atoms with van der Waals surface area (Å²) in [6.07, 6.45) is 0. The molecule has 1 aromatic heterocycles. The van der Waals surface area contributed by atoms with Crippen LogP contribution in [0.4, 0.5) is 5.69 Å². The van der Waals surface area contributed by atoms with Crippen molar-refractivity contribution in [1.82, 2.24) is 4.57 Å². The van der Waals surface area contributed by atoms with Crippen LogP contribution in [0.1, 0.15) is 17.4 Å². The van der Waals surface area contributed by atoms with Crippen molar-refractivity contribution < 1.29 is 9.90 Å². The number of nitrogen functional groups attached to an aromatic ring is 1. The van der Waals surface area contributed by atoms with Crippen LogP contribution in [0, 0.1) is 0 Å². The average Bonchev–Trinajstić information content (AvgIpc) is 2.73. The van der Waals surface area contributed by atoms with Gasteiger partial charge in [0.2, 0.25) is 0 Å². The molecule has 17 heavy (non-hydrogen) atoms. The smallest absolute Gasteiger partial charge is 0.352 e. The number of para-hydroxylation sites is 1. The summed E-state index contributed by atoms with van der Waals surface area (Å²) in [5.41, 5.74) is 8.53. The number of hydrogen-bond acceptors (Lipinski definition) is 2. The number of carboxylic acids is 1. The monoisotopic (exact) mass is 230 g/mol. The Morgan fingerprint density at radius 1 is 1.29 bits per heavy atom. The minimum absolute atomic E-state index is 0.283. The van der Waals surface area contributed by atoms with Gasteiger partial charge in [-0.1, -0.05) is 18.2 Å². The van der Waals surface area contributed by atoms with Crippen LogP contribution >= 0.6 is 0 Å². The number of aromatic nitrogens is 1. The first-order valence-corrected chi connectivity index (χ1v) is 5.42. The van der Waals surface area contributed by atoms with Crippen LogP contribution in [0.25, 0.3) is 11.3 Å². The van der Waals surface area contributed by atoms with Gasteiger partial charge in [0.05, 0.1) is 5.69 Å². The fraction of sp³-hybridized carbons (Fsp3) is 0.154. The molecule has 88 valence electrons. The van der Waals surface area contributed by atoms with E-state index in [9.17, 15) is 4.79 Å². The van der Waals surface area contributed by atoms with Crippen molar-refractivity contribution in [3.63, 3.8) is 0 Å². The van der Waals surface area contributed by atoms with Gasteiger partial charge in [0.1, 0.15) is 5.69 Å². The molecular weight excluding hydrogens is 216 g/mol. The van der Waals surface area contributed by atoms with E-state index in [1.54, 1.807) is 16.7 Å². The van der Waals surface area contributed by atoms with Crippen molar-refractivity contribution >= 4 is 11.7 Å². The highest BCUT2D eigenvalue weighted by molar-refractivity contribution is 5.88. The summed E-state index contributed by atoms with van der Waals surface area (Å²) in [4.78, 5) is 11.1. The predicted molar refractivity (Wildman–Crippen MR) is 66.9 cm³/mol. The molecule has 0 unspecified atom stereocenters. The number of anilines is 1. The molecule has 4 heteroatoms. The fourth-order valence-corrected chi connectivity index (χ4v) is 1.96. The van der Waals surface area contributed by atoms with Crippen LogP contribution in [0.5, 0.6) is 0 Å². The molecule has 2 rings (SSSR count). The average molecular weight is 230 g/mol. The van der Waals surface area contributed by atoms with Crippen LogP contribution < -0.4 is 5.73 Å². The number of nitrogens with zero attached hydrogens (tertiary/aromatic N) is 1. The second-order valence-corrected chi connectivity index (χ2v) is 3.74. The summed E-state index contributed by atoms with van der Waals surface area (Å²) in [5, 5.41) is 9.07. The van der Waals surface area contributed by atoms with Crippen molar-refractivity contribution in [2.45, 2.75) is 13.5 Å². The summed E-state index contributed by atoms with van der Waals surface area (Å²) in [7, 11) is 0. The first-order chi connectivity index (χ1) is 8.15. The zero-order valence-electron chi connectivity index (χ0n) is 9.55. The highest BCUT2D eigenvalue weighted by Gasteiger charge is 2.14. The summed E-state index contributed by atoms with van der Waals surface area (Å²) in [6.45, 7) is 2.51. The van der Waals surface area contributed by atoms with Gasteiger partial charge >= 0.3 is 5.97 Å². The lowest BCUT2D eigenvalue weighted by Crippen LogP contribution is -2.08. The third-order valence-corrected chi connectivity index (χ3v) is 2.75. The molecule has 0 saturated carbocycles. The number of aromatic carboxylic acids is 1. The number of carboxylic acid groups (broad SMARTS) is 1. The summed E-state index contributed by atoms with van der Waals surface area (Å²) in [5.74, 6) is -0.924. The Kier molecular flexibility index (Phi) is 2.87. The van der Waals surface area contributed by atoms with Gasteiger partial charge in [-0.15, -0.1) is 0 Å². The van der Waals surface area contributed by atoms with Gasteiger partial charge in [-0.3, -0.25) is 0 Å². The fourth-order valence-electron chi connectivity index (χ4n) is 1.96. The van der Waals surface area contributed by atoms with Gasteiger partial charge in [-0.25, -0.2) is 4.79 Å². The number of nitrogens with two attached hydrogens (primary N) is 1. The second-order valence-electron chi connectivity index (χ2n) is 3.74. The van der Waals surface area contributed by atoms with Crippen molar-refractivity contribution in [3.8, 4) is 11.3 Å². The van der Waals surface area contributed by atoms with Gasteiger partial charge in [0.15, 0.2) is 0 Å². The van der Waals surface area contributed by atoms with E-state index in [2.05, 4.69) is 0 Å². The lowest BCUT2D eigenvalue weighted by Gasteiger charge is -2.10. The zero-order valence-corrected chi connectivity index (χ0v) is 9.55. The van der Waals surface area contributed by atoms with Crippen LogP contribution in [0.2, 0.25) is 0 Å². The quantitative estimate of drug-likeness (QED) is 0.796. The lowest BCUT2D eigenvalue weighted by molar-refractivity contribution is 0.0685. The first kappa shape index (κ1) is 11.3. The molecule has 0 aliphatic heterocycles. The maximum Gasteiger partial charge on any atom is 0.352 e. The van der Waals surface area contributed by atoms with E-state index in [0.29, 0.717) is 12.2 Å². The van der Waals surface area contributed by atoms with Crippen LogP contribution in [-0.2, 0) is 6.54 Å². The number of rotatable bonds is 3. The van der Waals surface area contributed by atoms with Crippen LogP contribution in [0.15, 0.2) is 36.4 Å². The molecule has 0 saturated heterocycles. The van der Waals surface area contributed by atoms with Crippen molar-refractivity contribution in [2.75, 3.05) is 5.73 Å². The molecule has 0 amide bonds. The van der Waals surface area contributed by atoms with Gasteiger partial charge < -0.3 is 15.4 Å². The van der Waals surface area contributed by atoms with Crippen LogP contribution in [-0.4, -0.2) is 15.6 Å². The molecule has 4 nitrogen and oxygen atoms in total. The molecule has 0 radical (unpaired) electrons. The molecule has 3 N–H and O–H groups in total. The van der Waals surface area contributed by atoms with E-state index < -0.39 is 5.97 Å². The molecule has 0 spiro atoms. The van der Waals surface area contributed by atoms with Crippen LogP contribution in [0.3, 0.4) is 0 Å². The van der Waals surface area contributed by atoms with E-state index in [1.165, 1.54) is 0 Å². The van der Waals surface area contributed by atoms with E-state index in [-0.39, 0.29) is 5.69 Å². The van der Waals surface area contributed by atoms with Gasteiger partial charge in [-0.05, 0) is 25.1 Å². The summed E-state index contributed by atoms with van der Waals surface area (Å²) >= 11 is 0.